The lowest BCUT2D eigenvalue weighted by atomic mass is 10.0. The molecule has 0 aliphatic heterocycles. The molecule has 0 bridgehead atoms. The number of halogens is 3. The normalized spacial score (nSPS) is 11.9. The van der Waals surface area contributed by atoms with Gasteiger partial charge in [-0.25, -0.2) is 8.78 Å². The molecule has 0 aromatic heterocycles. The SMILES string of the molecule is CC(=O)Nc1cc(C(C)N)cc(C(F)F)c1.Cl. The van der Waals surface area contributed by atoms with Crippen LogP contribution in [0.3, 0.4) is 0 Å². The van der Waals surface area contributed by atoms with Crippen LogP contribution in [0, 0.1) is 0 Å². The third-order valence-corrected chi connectivity index (χ3v) is 2.08. The molecule has 0 saturated heterocycles. The van der Waals surface area contributed by atoms with Crippen LogP contribution in [0.25, 0.3) is 0 Å². The number of hydrogen-bond acceptors (Lipinski definition) is 2. The van der Waals surface area contributed by atoms with Gasteiger partial charge in [-0.05, 0) is 30.7 Å². The summed E-state index contributed by atoms with van der Waals surface area (Å²) in [5.41, 5.74) is 6.40. The molecule has 17 heavy (non-hydrogen) atoms. The fourth-order valence-electron chi connectivity index (χ4n) is 1.34. The molecular weight excluding hydrogens is 250 g/mol. The van der Waals surface area contributed by atoms with Crippen LogP contribution in [0.4, 0.5) is 14.5 Å². The number of carbonyl (C=O) groups is 1. The molecule has 3 nitrogen and oxygen atoms in total. The Morgan fingerprint density at radius 1 is 1.29 bits per heavy atom. The predicted molar refractivity (Wildman–Crippen MR) is 65.6 cm³/mol. The highest BCUT2D eigenvalue weighted by molar-refractivity contribution is 5.88. The molecule has 0 heterocycles. The van der Waals surface area contributed by atoms with Crippen LogP contribution in [0.1, 0.15) is 37.4 Å². The molecule has 1 aromatic carbocycles. The van der Waals surface area contributed by atoms with Crippen molar-refractivity contribution >= 4 is 24.0 Å². The number of nitrogens with one attached hydrogen (secondary N) is 1. The van der Waals surface area contributed by atoms with Crippen LogP contribution in [0.5, 0.6) is 0 Å². The highest BCUT2D eigenvalue weighted by Crippen LogP contribution is 2.26. The molecule has 0 aliphatic rings. The van der Waals surface area contributed by atoms with E-state index in [0.29, 0.717) is 11.3 Å². The quantitative estimate of drug-likeness (QED) is 0.882. The molecule has 0 fully saturated rings. The van der Waals surface area contributed by atoms with Gasteiger partial charge < -0.3 is 11.1 Å². The summed E-state index contributed by atoms with van der Waals surface area (Å²) in [7, 11) is 0. The minimum absolute atomic E-state index is 0. The van der Waals surface area contributed by atoms with E-state index in [0.717, 1.165) is 0 Å². The number of amides is 1. The fourth-order valence-corrected chi connectivity index (χ4v) is 1.34. The summed E-state index contributed by atoms with van der Waals surface area (Å²) in [5.74, 6) is -0.304. The summed E-state index contributed by atoms with van der Waals surface area (Å²) in [6, 6.07) is 3.84. The van der Waals surface area contributed by atoms with Crippen LogP contribution < -0.4 is 11.1 Å². The second kappa shape index (κ2) is 6.51. The van der Waals surface area contributed by atoms with Crippen molar-refractivity contribution in [2.45, 2.75) is 26.3 Å². The molecule has 3 N–H and O–H groups in total. The summed E-state index contributed by atoms with van der Waals surface area (Å²) in [6.07, 6.45) is -2.58. The van der Waals surface area contributed by atoms with E-state index in [1.807, 2.05) is 0 Å². The van der Waals surface area contributed by atoms with Gasteiger partial charge in [-0.15, -0.1) is 12.4 Å². The number of benzene rings is 1. The van der Waals surface area contributed by atoms with E-state index in [1.165, 1.54) is 19.1 Å². The van der Waals surface area contributed by atoms with Crippen LogP contribution >= 0.6 is 12.4 Å². The Labute approximate surface area is 105 Å². The van der Waals surface area contributed by atoms with Gasteiger partial charge in [0.25, 0.3) is 6.43 Å². The standard InChI is InChI=1S/C11H14F2N2O.ClH/c1-6(14)8-3-9(11(12)13)5-10(4-8)15-7(2)16;/h3-6,11H,14H2,1-2H3,(H,15,16);1H. The summed E-state index contributed by atoms with van der Waals surface area (Å²) < 4.78 is 25.1. The molecule has 1 aromatic rings. The first kappa shape index (κ1) is 15.8. The zero-order valence-electron chi connectivity index (χ0n) is 9.54. The van der Waals surface area contributed by atoms with Gasteiger partial charge in [0, 0.05) is 24.2 Å². The van der Waals surface area contributed by atoms with Gasteiger partial charge in [0.15, 0.2) is 0 Å². The lowest BCUT2D eigenvalue weighted by Gasteiger charge is -2.12. The molecule has 0 spiro atoms. The van der Waals surface area contributed by atoms with Crippen molar-refractivity contribution in [2.75, 3.05) is 5.32 Å². The molecular formula is C11H15ClF2N2O. The zero-order valence-corrected chi connectivity index (χ0v) is 10.4. The summed E-state index contributed by atoms with van der Waals surface area (Å²) >= 11 is 0. The topological polar surface area (TPSA) is 55.1 Å². The third kappa shape index (κ3) is 4.66. The van der Waals surface area contributed by atoms with Crippen molar-refractivity contribution in [1.82, 2.24) is 0 Å². The minimum Gasteiger partial charge on any atom is -0.326 e. The smallest absolute Gasteiger partial charge is 0.263 e. The van der Waals surface area contributed by atoms with Gasteiger partial charge in [0.05, 0.1) is 0 Å². The molecule has 1 amide bonds. The van der Waals surface area contributed by atoms with Crippen molar-refractivity contribution in [3.05, 3.63) is 29.3 Å². The number of alkyl halides is 2. The number of nitrogens with two attached hydrogens (primary N) is 1. The monoisotopic (exact) mass is 264 g/mol. The van der Waals surface area contributed by atoms with Crippen LogP contribution in [-0.2, 0) is 4.79 Å². The molecule has 1 rings (SSSR count). The first-order chi connectivity index (χ1) is 7.40. The maximum Gasteiger partial charge on any atom is 0.263 e. The first-order valence-electron chi connectivity index (χ1n) is 4.86. The Balaban J connectivity index is 0.00000256. The average molecular weight is 265 g/mol. The molecule has 1 atom stereocenters. The van der Waals surface area contributed by atoms with Gasteiger partial charge in [-0.3, -0.25) is 4.79 Å². The van der Waals surface area contributed by atoms with E-state index in [-0.39, 0.29) is 29.9 Å². The number of carbonyl (C=O) groups excluding carboxylic acids is 1. The van der Waals surface area contributed by atoms with Gasteiger partial charge in [0.1, 0.15) is 0 Å². The Morgan fingerprint density at radius 3 is 2.24 bits per heavy atom. The van der Waals surface area contributed by atoms with E-state index >= 15 is 0 Å². The predicted octanol–water partition coefficient (Wildman–Crippen LogP) is 3.02. The highest BCUT2D eigenvalue weighted by Gasteiger charge is 2.12. The van der Waals surface area contributed by atoms with Crippen LogP contribution in [0.15, 0.2) is 18.2 Å². The first-order valence-corrected chi connectivity index (χ1v) is 4.86. The van der Waals surface area contributed by atoms with E-state index in [2.05, 4.69) is 5.32 Å². The molecule has 0 radical (unpaired) electrons. The number of hydrogen-bond donors (Lipinski definition) is 2. The second-order valence-electron chi connectivity index (χ2n) is 3.66. The molecule has 96 valence electrons. The molecule has 0 saturated carbocycles. The van der Waals surface area contributed by atoms with Crippen molar-refractivity contribution in [3.63, 3.8) is 0 Å². The van der Waals surface area contributed by atoms with Crippen molar-refractivity contribution in [1.29, 1.82) is 0 Å². The van der Waals surface area contributed by atoms with E-state index in [1.54, 1.807) is 13.0 Å². The lowest BCUT2D eigenvalue weighted by Crippen LogP contribution is -2.10. The Kier molecular flexibility index (Phi) is 6.05. The molecule has 1 unspecified atom stereocenters. The summed E-state index contributed by atoms with van der Waals surface area (Å²) in [5, 5.41) is 2.47. The van der Waals surface area contributed by atoms with Crippen LogP contribution in [-0.4, -0.2) is 5.91 Å². The van der Waals surface area contributed by atoms with Gasteiger partial charge in [-0.1, -0.05) is 0 Å². The van der Waals surface area contributed by atoms with Gasteiger partial charge in [-0.2, -0.15) is 0 Å². The van der Waals surface area contributed by atoms with Crippen molar-refractivity contribution in [2.24, 2.45) is 5.73 Å². The largest absolute Gasteiger partial charge is 0.326 e. The Hall–Kier alpha value is -1.20. The average Bonchev–Trinajstić information content (AvgIpc) is 2.15. The number of rotatable bonds is 3. The maximum atomic E-state index is 12.6. The van der Waals surface area contributed by atoms with E-state index < -0.39 is 6.43 Å². The van der Waals surface area contributed by atoms with Crippen LogP contribution in [0.2, 0.25) is 0 Å². The second-order valence-corrected chi connectivity index (χ2v) is 3.66. The number of anilines is 1. The zero-order chi connectivity index (χ0) is 12.3. The summed E-state index contributed by atoms with van der Waals surface area (Å²) in [6.45, 7) is 3.02. The summed E-state index contributed by atoms with van der Waals surface area (Å²) in [4.78, 5) is 10.8. The van der Waals surface area contributed by atoms with Crippen molar-refractivity contribution in [3.8, 4) is 0 Å². The van der Waals surface area contributed by atoms with E-state index in [9.17, 15) is 13.6 Å². The van der Waals surface area contributed by atoms with E-state index in [4.69, 9.17) is 5.73 Å². The Morgan fingerprint density at radius 2 is 1.82 bits per heavy atom. The van der Waals surface area contributed by atoms with Gasteiger partial charge in [0.2, 0.25) is 5.91 Å². The highest BCUT2D eigenvalue weighted by atomic mass is 35.5. The minimum atomic E-state index is -2.58. The van der Waals surface area contributed by atoms with Gasteiger partial charge >= 0.3 is 0 Å². The molecule has 6 heteroatoms. The Bertz CT molecular complexity index is 371. The lowest BCUT2D eigenvalue weighted by molar-refractivity contribution is -0.114. The maximum absolute atomic E-state index is 12.6. The fraction of sp³-hybridized carbons (Fsp3) is 0.364. The molecule has 0 aliphatic carbocycles. The third-order valence-electron chi connectivity index (χ3n) is 2.08. The van der Waals surface area contributed by atoms with Crippen molar-refractivity contribution < 1.29 is 13.6 Å².